The SMILES string of the molecule is CO[C@H]1O[C@H](CO)[C@@H](OCc2ccccc2)[C@H](OCc2ccccc2)[C@@H]1OCCCC(=O)C=CC(=O)[C@@H](OC(C)=O)[C@H](Cc1ccccc1)C(=O)N1C(=O)OC(C)(C)[C@@H]1C(C)C. The molecule has 0 unspecified atom stereocenters. The number of carbonyl (C=O) groups excluding carboxylic acids is 5. The molecule has 3 aromatic rings. The van der Waals surface area contributed by atoms with Gasteiger partial charge >= 0.3 is 12.1 Å². The van der Waals surface area contributed by atoms with Crippen molar-refractivity contribution in [2.75, 3.05) is 20.3 Å². The van der Waals surface area contributed by atoms with Gasteiger partial charge in [0.25, 0.3) is 0 Å². The van der Waals surface area contributed by atoms with Gasteiger partial charge in [-0.25, -0.2) is 9.69 Å². The first-order valence-electron chi connectivity index (χ1n) is 21.0. The summed E-state index contributed by atoms with van der Waals surface area (Å²) in [7, 11) is 1.46. The molecular weight excluding hydrogens is 799 g/mol. The number of methoxy groups -OCH3 is 1. The molecule has 2 aliphatic heterocycles. The molecule has 0 aromatic heterocycles. The first-order valence-corrected chi connectivity index (χ1v) is 21.0. The standard InChI is InChI=1S/C48H59NO13/c1-31(2)44-48(4,5)62-47(55)49(44)45(54)37(27-33-17-10-7-11-18-33)40(60-32(3)51)38(53)25-24-36(52)23-16-26-57-43-42(59-30-35-21-14-9-15-22-35)41(39(28-50)61-46(43)56-6)58-29-34-19-12-8-13-20-34/h7-15,17-22,24-25,31,37,39-44,46,50H,16,23,26-30H2,1-6H3/t37-,39+,40-,41+,42-,43-,44-,46-/m0/s1. The van der Waals surface area contributed by atoms with Crippen LogP contribution in [0.4, 0.5) is 4.79 Å². The summed E-state index contributed by atoms with van der Waals surface area (Å²) < 4.78 is 42.0. The number of cyclic esters (lactones) is 1. The molecule has 14 heteroatoms. The van der Waals surface area contributed by atoms with Crippen molar-refractivity contribution in [1.82, 2.24) is 4.90 Å². The van der Waals surface area contributed by atoms with Crippen LogP contribution in [-0.4, -0.2) is 108 Å². The number of amides is 2. The number of ketones is 2. The van der Waals surface area contributed by atoms with Gasteiger partial charge in [0.05, 0.1) is 31.8 Å². The quantitative estimate of drug-likeness (QED) is 0.0714. The Morgan fingerprint density at radius 1 is 0.806 bits per heavy atom. The summed E-state index contributed by atoms with van der Waals surface area (Å²) >= 11 is 0. The number of esters is 1. The van der Waals surface area contributed by atoms with Crippen molar-refractivity contribution < 1.29 is 62.2 Å². The van der Waals surface area contributed by atoms with Crippen LogP contribution < -0.4 is 0 Å². The van der Waals surface area contributed by atoms with Crippen molar-refractivity contribution >= 4 is 29.5 Å². The molecular formula is C48H59NO13. The molecule has 334 valence electrons. The van der Waals surface area contributed by atoms with Gasteiger partial charge in [0.2, 0.25) is 5.91 Å². The molecule has 0 radical (unpaired) electrons. The van der Waals surface area contributed by atoms with Crippen LogP contribution in [0.5, 0.6) is 0 Å². The summed E-state index contributed by atoms with van der Waals surface area (Å²) in [5, 5.41) is 10.3. The third-order valence-electron chi connectivity index (χ3n) is 10.8. The molecule has 2 heterocycles. The van der Waals surface area contributed by atoms with Crippen LogP contribution in [0.1, 0.15) is 64.2 Å². The molecule has 1 N–H and O–H groups in total. The number of hydrogen-bond acceptors (Lipinski definition) is 13. The van der Waals surface area contributed by atoms with E-state index in [9.17, 15) is 29.1 Å². The number of aliphatic hydroxyl groups is 1. The average molecular weight is 858 g/mol. The zero-order valence-electron chi connectivity index (χ0n) is 36.3. The molecule has 3 aromatic carbocycles. The minimum Gasteiger partial charge on any atom is -0.453 e. The van der Waals surface area contributed by atoms with Gasteiger partial charge in [0, 0.05) is 27.1 Å². The topological polar surface area (TPSA) is 173 Å². The summed E-state index contributed by atoms with van der Waals surface area (Å²) in [6.45, 7) is 8.40. The maximum atomic E-state index is 14.4. The summed E-state index contributed by atoms with van der Waals surface area (Å²) in [5.74, 6) is -4.30. The van der Waals surface area contributed by atoms with Gasteiger partial charge in [0.15, 0.2) is 24.0 Å². The summed E-state index contributed by atoms with van der Waals surface area (Å²) in [4.78, 5) is 68.2. The normalized spacial score (nSPS) is 23.2. The van der Waals surface area contributed by atoms with E-state index in [1.165, 1.54) is 7.11 Å². The van der Waals surface area contributed by atoms with Crippen molar-refractivity contribution in [2.45, 2.75) is 116 Å². The Hall–Kier alpha value is -5.09. The predicted molar refractivity (Wildman–Crippen MR) is 226 cm³/mol. The Bertz CT molecular complexity index is 1950. The Labute approximate surface area is 363 Å². The van der Waals surface area contributed by atoms with Gasteiger partial charge in [-0.15, -0.1) is 0 Å². The number of rotatable bonds is 22. The molecule has 0 bridgehead atoms. The van der Waals surface area contributed by atoms with Crippen molar-refractivity contribution in [3.63, 3.8) is 0 Å². The molecule has 8 atom stereocenters. The van der Waals surface area contributed by atoms with Crippen molar-refractivity contribution in [1.29, 1.82) is 0 Å². The number of imide groups is 1. The van der Waals surface area contributed by atoms with Crippen LogP contribution in [0.3, 0.4) is 0 Å². The highest BCUT2D eigenvalue weighted by Gasteiger charge is 2.54. The Balaban J connectivity index is 1.28. The third-order valence-corrected chi connectivity index (χ3v) is 10.8. The van der Waals surface area contributed by atoms with Gasteiger partial charge < -0.3 is 38.3 Å². The summed E-state index contributed by atoms with van der Waals surface area (Å²) in [5.41, 5.74) is 1.48. The largest absolute Gasteiger partial charge is 0.453 e. The molecule has 2 aliphatic rings. The predicted octanol–water partition coefficient (Wildman–Crippen LogP) is 5.95. The molecule has 2 amide bonds. The second kappa shape index (κ2) is 22.8. The summed E-state index contributed by atoms with van der Waals surface area (Å²) in [6.07, 6.45) is -4.33. The first kappa shape index (κ1) is 48.0. The van der Waals surface area contributed by atoms with Crippen LogP contribution in [0.25, 0.3) is 0 Å². The van der Waals surface area contributed by atoms with E-state index in [0.29, 0.717) is 5.56 Å². The van der Waals surface area contributed by atoms with E-state index < -0.39 is 83.9 Å². The van der Waals surface area contributed by atoms with E-state index in [2.05, 4.69) is 0 Å². The number of carbonyl (C=O) groups is 5. The van der Waals surface area contributed by atoms with E-state index in [0.717, 1.165) is 35.1 Å². The number of ether oxygens (including phenoxy) is 7. The van der Waals surface area contributed by atoms with Crippen LogP contribution >= 0.6 is 0 Å². The highest BCUT2D eigenvalue weighted by atomic mass is 16.7. The third kappa shape index (κ3) is 12.7. The maximum absolute atomic E-state index is 14.4. The zero-order chi connectivity index (χ0) is 44.8. The molecule has 5 rings (SSSR count). The van der Waals surface area contributed by atoms with Gasteiger partial charge in [-0.2, -0.15) is 0 Å². The van der Waals surface area contributed by atoms with Crippen molar-refractivity contribution in [3.05, 3.63) is 120 Å². The second-order valence-corrected chi connectivity index (χ2v) is 16.3. The number of hydrogen-bond donors (Lipinski definition) is 1. The van der Waals surface area contributed by atoms with Crippen LogP contribution in [-0.2, 0) is 72.0 Å². The highest BCUT2D eigenvalue weighted by molar-refractivity contribution is 6.05. The highest BCUT2D eigenvalue weighted by Crippen LogP contribution is 2.36. The van der Waals surface area contributed by atoms with Gasteiger partial charge in [-0.3, -0.25) is 19.2 Å². The fourth-order valence-electron chi connectivity index (χ4n) is 8.11. The summed E-state index contributed by atoms with van der Waals surface area (Å²) in [6, 6.07) is 27.3. The number of aliphatic hydroxyl groups excluding tert-OH is 1. The van der Waals surface area contributed by atoms with E-state index in [1.807, 2.05) is 74.5 Å². The lowest BCUT2D eigenvalue weighted by Gasteiger charge is -2.45. The lowest BCUT2D eigenvalue weighted by atomic mass is 9.85. The van der Waals surface area contributed by atoms with E-state index in [1.54, 1.807) is 44.2 Å². The Morgan fingerprint density at radius 3 is 1.90 bits per heavy atom. The maximum Gasteiger partial charge on any atom is 0.417 e. The van der Waals surface area contributed by atoms with Crippen LogP contribution in [0, 0.1) is 11.8 Å². The molecule has 2 saturated heterocycles. The number of benzene rings is 3. The molecule has 62 heavy (non-hydrogen) atoms. The van der Waals surface area contributed by atoms with Crippen molar-refractivity contribution in [3.8, 4) is 0 Å². The lowest BCUT2D eigenvalue weighted by molar-refractivity contribution is -0.319. The molecule has 0 saturated carbocycles. The van der Waals surface area contributed by atoms with Gasteiger partial charge in [-0.05, 0) is 61.4 Å². The average Bonchev–Trinajstić information content (AvgIpc) is 3.52. The Kier molecular flexibility index (Phi) is 17.7. The minimum atomic E-state index is -1.65. The van der Waals surface area contributed by atoms with Crippen LogP contribution in [0.2, 0.25) is 0 Å². The van der Waals surface area contributed by atoms with Crippen molar-refractivity contribution in [2.24, 2.45) is 11.8 Å². The minimum absolute atomic E-state index is 0.0346. The molecule has 2 fully saturated rings. The Morgan fingerprint density at radius 2 is 1.37 bits per heavy atom. The monoisotopic (exact) mass is 857 g/mol. The van der Waals surface area contributed by atoms with E-state index >= 15 is 0 Å². The second-order valence-electron chi connectivity index (χ2n) is 16.3. The van der Waals surface area contributed by atoms with E-state index in [-0.39, 0.29) is 51.6 Å². The van der Waals surface area contributed by atoms with Gasteiger partial charge in [0.1, 0.15) is 30.0 Å². The molecule has 14 nitrogen and oxygen atoms in total. The number of nitrogens with zero attached hydrogens (tertiary/aromatic N) is 1. The van der Waals surface area contributed by atoms with E-state index in [4.69, 9.17) is 33.2 Å². The van der Waals surface area contributed by atoms with Crippen LogP contribution in [0.15, 0.2) is 103 Å². The molecule has 0 spiro atoms. The fraction of sp³-hybridized carbons (Fsp3) is 0.479. The lowest BCUT2D eigenvalue weighted by Crippen LogP contribution is -2.61. The zero-order valence-corrected chi connectivity index (χ0v) is 36.3. The molecule has 0 aliphatic carbocycles. The first-order chi connectivity index (χ1) is 29.7. The smallest absolute Gasteiger partial charge is 0.417 e. The number of allylic oxidation sites excluding steroid dienone is 1. The fourth-order valence-corrected chi connectivity index (χ4v) is 8.11. The van der Waals surface area contributed by atoms with Gasteiger partial charge in [-0.1, -0.05) is 105 Å².